The molecule has 0 aromatic heterocycles. The molecule has 1 aromatic carbocycles. The summed E-state index contributed by atoms with van der Waals surface area (Å²) in [6.07, 6.45) is 5.15. The molecule has 1 nitrogen and oxygen atoms in total. The highest BCUT2D eigenvalue weighted by Crippen LogP contribution is 2.44. The topological polar surface area (TPSA) is 12.0 Å². The summed E-state index contributed by atoms with van der Waals surface area (Å²) in [4.78, 5) is 0. The average molecular weight is 314 g/mol. The van der Waals surface area contributed by atoms with Crippen LogP contribution in [0, 0.1) is 11.8 Å². The number of rotatable bonds is 5. The molecule has 1 saturated carbocycles. The maximum absolute atomic E-state index is 6.46. The van der Waals surface area contributed by atoms with E-state index in [0.29, 0.717) is 16.9 Å². The Kier molecular flexibility index (Phi) is 6.20. The van der Waals surface area contributed by atoms with Crippen molar-refractivity contribution >= 4 is 23.2 Å². The van der Waals surface area contributed by atoms with Crippen LogP contribution < -0.4 is 5.32 Å². The van der Waals surface area contributed by atoms with E-state index in [0.717, 1.165) is 24.0 Å². The monoisotopic (exact) mass is 313 g/mol. The third-order valence-corrected chi connectivity index (χ3v) is 5.55. The van der Waals surface area contributed by atoms with Gasteiger partial charge in [-0.05, 0) is 55.3 Å². The van der Waals surface area contributed by atoms with Crippen molar-refractivity contribution in [2.24, 2.45) is 11.8 Å². The molecule has 1 aliphatic carbocycles. The van der Waals surface area contributed by atoms with Gasteiger partial charge in [0.2, 0.25) is 0 Å². The van der Waals surface area contributed by atoms with Gasteiger partial charge in [-0.1, -0.05) is 62.0 Å². The highest BCUT2D eigenvalue weighted by Gasteiger charge is 2.32. The predicted octanol–water partition coefficient (Wildman–Crippen LogP) is 5.51. The molecule has 3 unspecified atom stereocenters. The van der Waals surface area contributed by atoms with Gasteiger partial charge in [-0.3, -0.25) is 0 Å². The largest absolute Gasteiger partial charge is 0.317 e. The molecule has 0 radical (unpaired) electrons. The highest BCUT2D eigenvalue weighted by atomic mass is 35.5. The number of benzene rings is 1. The van der Waals surface area contributed by atoms with Crippen LogP contribution >= 0.6 is 23.2 Å². The summed E-state index contributed by atoms with van der Waals surface area (Å²) < 4.78 is 0. The summed E-state index contributed by atoms with van der Waals surface area (Å²) in [5, 5.41) is 4.96. The third kappa shape index (κ3) is 3.69. The van der Waals surface area contributed by atoms with Gasteiger partial charge < -0.3 is 5.32 Å². The van der Waals surface area contributed by atoms with E-state index in [2.05, 4.69) is 25.2 Å². The van der Waals surface area contributed by atoms with E-state index in [1.165, 1.54) is 31.2 Å². The van der Waals surface area contributed by atoms with Gasteiger partial charge in [0.15, 0.2) is 0 Å². The molecule has 0 amide bonds. The SMILES string of the molecule is CCNCC1CCC(CC)CC1c1cccc(Cl)c1Cl. The van der Waals surface area contributed by atoms with Crippen molar-refractivity contribution in [1.29, 1.82) is 0 Å². The number of halogens is 2. The van der Waals surface area contributed by atoms with Crippen LogP contribution in [0.15, 0.2) is 18.2 Å². The van der Waals surface area contributed by atoms with E-state index in [4.69, 9.17) is 23.2 Å². The second-order valence-electron chi connectivity index (χ2n) is 5.90. The Labute approximate surface area is 133 Å². The fourth-order valence-electron chi connectivity index (χ4n) is 3.45. The summed E-state index contributed by atoms with van der Waals surface area (Å²) in [5.41, 5.74) is 1.25. The predicted molar refractivity (Wildman–Crippen MR) is 88.9 cm³/mol. The Morgan fingerprint density at radius 1 is 1.20 bits per heavy atom. The second-order valence-corrected chi connectivity index (χ2v) is 6.69. The van der Waals surface area contributed by atoms with Gasteiger partial charge in [0, 0.05) is 0 Å². The molecule has 3 heteroatoms. The van der Waals surface area contributed by atoms with Crippen LogP contribution in [0.3, 0.4) is 0 Å². The van der Waals surface area contributed by atoms with Crippen molar-refractivity contribution in [3.63, 3.8) is 0 Å². The first kappa shape index (κ1) is 16.1. The van der Waals surface area contributed by atoms with Crippen LogP contribution in [0.25, 0.3) is 0 Å². The normalized spacial score (nSPS) is 26.7. The lowest BCUT2D eigenvalue weighted by Gasteiger charge is -2.37. The molecule has 20 heavy (non-hydrogen) atoms. The molecule has 1 N–H and O–H groups in total. The zero-order chi connectivity index (χ0) is 14.5. The minimum Gasteiger partial charge on any atom is -0.317 e. The van der Waals surface area contributed by atoms with Crippen molar-refractivity contribution in [2.75, 3.05) is 13.1 Å². The van der Waals surface area contributed by atoms with Crippen LogP contribution in [-0.4, -0.2) is 13.1 Å². The van der Waals surface area contributed by atoms with Gasteiger partial charge in [-0.25, -0.2) is 0 Å². The summed E-state index contributed by atoms with van der Waals surface area (Å²) in [6, 6.07) is 6.08. The molecule has 1 aliphatic rings. The fourth-order valence-corrected chi connectivity index (χ4v) is 3.90. The molecule has 2 rings (SSSR count). The zero-order valence-corrected chi connectivity index (χ0v) is 14.0. The fraction of sp³-hybridized carbons (Fsp3) is 0.647. The summed E-state index contributed by atoms with van der Waals surface area (Å²) in [7, 11) is 0. The van der Waals surface area contributed by atoms with Crippen molar-refractivity contribution in [3.8, 4) is 0 Å². The number of hydrogen-bond acceptors (Lipinski definition) is 1. The molecule has 0 bridgehead atoms. The van der Waals surface area contributed by atoms with Crippen molar-refractivity contribution < 1.29 is 0 Å². The van der Waals surface area contributed by atoms with Gasteiger partial charge in [0.05, 0.1) is 10.0 Å². The lowest BCUT2D eigenvalue weighted by atomic mass is 9.70. The molecule has 0 saturated heterocycles. The Bertz CT molecular complexity index is 433. The molecule has 0 heterocycles. The summed E-state index contributed by atoms with van der Waals surface area (Å²) in [6.45, 7) is 6.58. The second kappa shape index (κ2) is 7.68. The molecule has 1 aromatic rings. The minimum absolute atomic E-state index is 0.541. The van der Waals surface area contributed by atoms with E-state index in [-0.39, 0.29) is 0 Å². The molecule has 0 aliphatic heterocycles. The Balaban J connectivity index is 2.23. The van der Waals surface area contributed by atoms with Crippen LogP contribution in [0.1, 0.15) is 51.0 Å². The molecular formula is C17H25Cl2N. The van der Waals surface area contributed by atoms with Gasteiger partial charge in [0.25, 0.3) is 0 Å². The van der Waals surface area contributed by atoms with Gasteiger partial charge in [-0.2, -0.15) is 0 Å². The lowest BCUT2D eigenvalue weighted by molar-refractivity contribution is 0.226. The summed E-state index contributed by atoms with van der Waals surface area (Å²) >= 11 is 12.7. The van der Waals surface area contributed by atoms with Gasteiger partial charge in [0.1, 0.15) is 0 Å². The van der Waals surface area contributed by atoms with E-state index in [1.54, 1.807) is 0 Å². The van der Waals surface area contributed by atoms with E-state index in [1.807, 2.05) is 12.1 Å². The molecule has 112 valence electrons. The number of hydrogen-bond donors (Lipinski definition) is 1. The first-order valence-electron chi connectivity index (χ1n) is 7.81. The van der Waals surface area contributed by atoms with Crippen molar-refractivity contribution in [1.82, 2.24) is 5.32 Å². The molecule has 0 spiro atoms. The van der Waals surface area contributed by atoms with Crippen molar-refractivity contribution in [2.45, 2.75) is 45.4 Å². The Morgan fingerprint density at radius 2 is 2.00 bits per heavy atom. The number of nitrogens with one attached hydrogen (secondary N) is 1. The summed E-state index contributed by atoms with van der Waals surface area (Å²) in [5.74, 6) is 2.04. The molecule has 3 atom stereocenters. The highest BCUT2D eigenvalue weighted by molar-refractivity contribution is 6.42. The van der Waals surface area contributed by atoms with Gasteiger partial charge >= 0.3 is 0 Å². The van der Waals surface area contributed by atoms with Crippen molar-refractivity contribution in [3.05, 3.63) is 33.8 Å². The Morgan fingerprint density at radius 3 is 2.70 bits per heavy atom. The quantitative estimate of drug-likeness (QED) is 0.755. The van der Waals surface area contributed by atoms with Crippen LogP contribution in [0.5, 0.6) is 0 Å². The van der Waals surface area contributed by atoms with Crippen LogP contribution in [0.4, 0.5) is 0 Å². The zero-order valence-electron chi connectivity index (χ0n) is 12.5. The van der Waals surface area contributed by atoms with Crippen LogP contribution in [-0.2, 0) is 0 Å². The first-order valence-corrected chi connectivity index (χ1v) is 8.57. The third-order valence-electron chi connectivity index (χ3n) is 4.72. The standard InChI is InChI=1S/C17H25Cl2N/c1-3-12-8-9-13(11-20-4-2)15(10-12)14-6-5-7-16(18)17(14)19/h5-7,12-13,15,20H,3-4,8-11H2,1-2H3. The average Bonchev–Trinajstić information content (AvgIpc) is 2.48. The first-order chi connectivity index (χ1) is 9.67. The van der Waals surface area contributed by atoms with E-state index >= 15 is 0 Å². The lowest BCUT2D eigenvalue weighted by Crippen LogP contribution is -2.32. The maximum Gasteiger partial charge on any atom is 0.0627 e. The van der Waals surface area contributed by atoms with Crippen LogP contribution in [0.2, 0.25) is 10.0 Å². The smallest absolute Gasteiger partial charge is 0.0627 e. The van der Waals surface area contributed by atoms with Gasteiger partial charge in [-0.15, -0.1) is 0 Å². The van der Waals surface area contributed by atoms with E-state index < -0.39 is 0 Å². The maximum atomic E-state index is 6.46. The minimum atomic E-state index is 0.541. The molecule has 1 fully saturated rings. The molecular weight excluding hydrogens is 289 g/mol. The Hall–Kier alpha value is -0.240. The van der Waals surface area contributed by atoms with E-state index in [9.17, 15) is 0 Å².